The van der Waals surface area contributed by atoms with Crippen molar-refractivity contribution in [1.82, 2.24) is 10.2 Å². The minimum atomic E-state index is -0.136. The normalized spacial score (nSPS) is 13.3. The molecule has 1 aromatic heterocycles. The van der Waals surface area contributed by atoms with Crippen LogP contribution >= 0.6 is 11.3 Å². The third-order valence-electron chi connectivity index (χ3n) is 5.02. The Bertz CT molecular complexity index is 859. The molecule has 3 rings (SSSR count). The molecule has 6 nitrogen and oxygen atoms in total. The van der Waals surface area contributed by atoms with E-state index in [1.165, 1.54) is 10.4 Å². The second-order valence-corrected chi connectivity index (χ2v) is 8.03. The van der Waals surface area contributed by atoms with Gasteiger partial charge in [0, 0.05) is 56.1 Å². The summed E-state index contributed by atoms with van der Waals surface area (Å²) in [7, 11) is 0. The zero-order chi connectivity index (χ0) is 20.5. The molecule has 0 radical (unpaired) electrons. The van der Waals surface area contributed by atoms with E-state index in [2.05, 4.69) is 27.7 Å². The lowest BCUT2D eigenvalue weighted by molar-refractivity contribution is -0.125. The number of nitrogens with zero attached hydrogens (tertiary/aromatic N) is 3. The highest BCUT2D eigenvalue weighted by Gasteiger charge is 2.18. The average molecular weight is 411 g/mol. The minimum Gasteiger partial charge on any atom is -0.355 e. The standard InChI is InChI=1S/C22H26N4O2S/c23-11-4-13-26(19-5-2-1-3-6-19)22(28)8-7-21(27)24-12-15-25-14-9-20-18(17-25)10-16-29-20/h1-3,5-6,10,16H,4,7-9,12-15,17H2,(H,24,27). The fourth-order valence-corrected chi connectivity index (χ4v) is 4.35. The van der Waals surface area contributed by atoms with Crippen molar-refractivity contribution in [2.45, 2.75) is 32.2 Å². The summed E-state index contributed by atoms with van der Waals surface area (Å²) >= 11 is 1.82. The number of hydrogen-bond acceptors (Lipinski definition) is 5. The van der Waals surface area contributed by atoms with Crippen LogP contribution in [0.5, 0.6) is 0 Å². The number of fused-ring (bicyclic) bond motifs is 1. The van der Waals surface area contributed by atoms with Crippen LogP contribution in [0.3, 0.4) is 0 Å². The summed E-state index contributed by atoms with van der Waals surface area (Å²) in [5, 5.41) is 13.9. The van der Waals surface area contributed by atoms with E-state index in [0.717, 1.165) is 31.7 Å². The van der Waals surface area contributed by atoms with Gasteiger partial charge in [0.25, 0.3) is 0 Å². The van der Waals surface area contributed by atoms with Gasteiger partial charge in [-0.2, -0.15) is 5.26 Å². The van der Waals surface area contributed by atoms with Crippen LogP contribution in [0.25, 0.3) is 0 Å². The molecule has 2 aromatic rings. The molecule has 1 aliphatic rings. The lowest BCUT2D eigenvalue weighted by Gasteiger charge is -2.26. The second-order valence-electron chi connectivity index (χ2n) is 7.03. The number of hydrogen-bond donors (Lipinski definition) is 1. The molecule has 0 unspecified atom stereocenters. The Morgan fingerprint density at radius 1 is 1.21 bits per heavy atom. The maximum atomic E-state index is 12.6. The number of thiophene rings is 1. The van der Waals surface area contributed by atoms with Crippen LogP contribution in [0.15, 0.2) is 41.8 Å². The number of carbonyl (C=O) groups excluding carboxylic acids is 2. The Hall–Kier alpha value is -2.69. The van der Waals surface area contributed by atoms with Crippen LogP contribution in [0.1, 0.15) is 29.7 Å². The summed E-state index contributed by atoms with van der Waals surface area (Å²) in [6.45, 7) is 3.70. The molecule has 2 heterocycles. The van der Waals surface area contributed by atoms with E-state index in [-0.39, 0.29) is 31.1 Å². The molecule has 0 bridgehead atoms. The van der Waals surface area contributed by atoms with Gasteiger partial charge in [-0.1, -0.05) is 18.2 Å². The lowest BCUT2D eigenvalue weighted by Crippen LogP contribution is -2.38. The van der Waals surface area contributed by atoms with Crippen molar-refractivity contribution in [2.24, 2.45) is 0 Å². The van der Waals surface area contributed by atoms with E-state index in [9.17, 15) is 9.59 Å². The zero-order valence-electron chi connectivity index (χ0n) is 16.5. The molecule has 0 saturated carbocycles. The first kappa shape index (κ1) is 21.0. The van der Waals surface area contributed by atoms with Crippen molar-refractivity contribution in [2.75, 3.05) is 31.1 Å². The van der Waals surface area contributed by atoms with Crippen LogP contribution < -0.4 is 10.2 Å². The highest BCUT2D eigenvalue weighted by Crippen LogP contribution is 2.23. The number of nitrogens with one attached hydrogen (secondary N) is 1. The number of para-hydroxylation sites is 1. The topological polar surface area (TPSA) is 76.4 Å². The van der Waals surface area contributed by atoms with Crippen LogP contribution in [-0.4, -0.2) is 42.9 Å². The minimum absolute atomic E-state index is 0.111. The van der Waals surface area contributed by atoms with E-state index in [4.69, 9.17) is 5.26 Å². The van der Waals surface area contributed by atoms with Gasteiger partial charge in [0.15, 0.2) is 0 Å². The molecule has 7 heteroatoms. The maximum absolute atomic E-state index is 12.6. The predicted octanol–water partition coefficient (Wildman–Crippen LogP) is 2.95. The molecular formula is C22H26N4O2S. The van der Waals surface area contributed by atoms with E-state index in [0.29, 0.717) is 13.1 Å². The molecule has 1 aliphatic heterocycles. The number of amides is 2. The van der Waals surface area contributed by atoms with Crippen LogP contribution in [0.2, 0.25) is 0 Å². The highest BCUT2D eigenvalue weighted by molar-refractivity contribution is 7.10. The summed E-state index contributed by atoms with van der Waals surface area (Å²) in [5.41, 5.74) is 2.16. The van der Waals surface area contributed by atoms with Crippen molar-refractivity contribution in [3.63, 3.8) is 0 Å². The van der Waals surface area contributed by atoms with Gasteiger partial charge in [-0.05, 0) is 35.6 Å². The van der Waals surface area contributed by atoms with E-state index >= 15 is 0 Å². The van der Waals surface area contributed by atoms with Gasteiger partial charge in [-0.3, -0.25) is 14.5 Å². The van der Waals surface area contributed by atoms with Crippen LogP contribution in [0.4, 0.5) is 5.69 Å². The molecule has 1 aromatic carbocycles. The second kappa shape index (κ2) is 10.7. The van der Waals surface area contributed by atoms with Gasteiger partial charge >= 0.3 is 0 Å². The van der Waals surface area contributed by atoms with Gasteiger partial charge in [-0.15, -0.1) is 11.3 Å². The van der Waals surface area contributed by atoms with Gasteiger partial charge in [0.2, 0.25) is 11.8 Å². The molecule has 1 N–H and O–H groups in total. The maximum Gasteiger partial charge on any atom is 0.227 e. The number of anilines is 1. The Balaban J connectivity index is 1.40. The molecular weight excluding hydrogens is 384 g/mol. The van der Waals surface area contributed by atoms with Gasteiger partial charge < -0.3 is 10.2 Å². The smallest absolute Gasteiger partial charge is 0.227 e. The first-order valence-electron chi connectivity index (χ1n) is 9.94. The predicted molar refractivity (Wildman–Crippen MR) is 115 cm³/mol. The van der Waals surface area contributed by atoms with Gasteiger partial charge in [0.1, 0.15) is 0 Å². The van der Waals surface area contributed by atoms with Crippen molar-refractivity contribution in [1.29, 1.82) is 5.26 Å². The molecule has 0 aliphatic carbocycles. The average Bonchev–Trinajstić information content (AvgIpc) is 3.21. The lowest BCUT2D eigenvalue weighted by atomic mass is 10.1. The number of carbonyl (C=O) groups is 2. The van der Waals surface area contributed by atoms with Gasteiger partial charge in [-0.25, -0.2) is 0 Å². The monoisotopic (exact) mass is 410 g/mol. The van der Waals surface area contributed by atoms with Crippen molar-refractivity contribution in [3.8, 4) is 6.07 Å². The van der Waals surface area contributed by atoms with Gasteiger partial charge in [0.05, 0.1) is 12.5 Å². The molecule has 29 heavy (non-hydrogen) atoms. The highest BCUT2D eigenvalue weighted by atomic mass is 32.1. The van der Waals surface area contributed by atoms with Crippen LogP contribution in [-0.2, 0) is 22.6 Å². The third-order valence-corrected chi connectivity index (χ3v) is 6.04. The quantitative estimate of drug-likeness (QED) is 0.690. The Morgan fingerprint density at radius 2 is 2.03 bits per heavy atom. The Labute approximate surface area is 175 Å². The fraction of sp³-hybridized carbons (Fsp3) is 0.409. The number of benzene rings is 1. The summed E-state index contributed by atoms with van der Waals surface area (Å²) in [4.78, 5) is 30.2. The van der Waals surface area contributed by atoms with E-state index in [1.807, 2.05) is 41.7 Å². The van der Waals surface area contributed by atoms with Crippen LogP contribution in [0, 0.1) is 11.3 Å². The number of nitriles is 1. The van der Waals surface area contributed by atoms with E-state index in [1.54, 1.807) is 4.90 Å². The summed E-state index contributed by atoms with van der Waals surface area (Å²) in [5.74, 6) is -0.248. The van der Waals surface area contributed by atoms with E-state index < -0.39 is 0 Å². The molecule has 0 saturated heterocycles. The zero-order valence-corrected chi connectivity index (χ0v) is 17.3. The summed E-state index contributed by atoms with van der Waals surface area (Å²) in [6, 6.07) is 13.5. The first-order chi connectivity index (χ1) is 14.2. The fourth-order valence-electron chi connectivity index (χ4n) is 3.46. The Kier molecular flexibility index (Phi) is 7.79. The molecule has 0 spiro atoms. The number of rotatable bonds is 9. The molecule has 0 fully saturated rings. The molecule has 152 valence electrons. The summed E-state index contributed by atoms with van der Waals surface area (Å²) < 4.78 is 0. The van der Waals surface area contributed by atoms with Crippen molar-refractivity contribution < 1.29 is 9.59 Å². The SMILES string of the molecule is N#CCCN(C(=O)CCC(=O)NCCN1CCc2sccc2C1)c1ccccc1. The molecule has 2 amide bonds. The summed E-state index contributed by atoms with van der Waals surface area (Å²) in [6.07, 6.45) is 1.62. The van der Waals surface area contributed by atoms with Crippen molar-refractivity contribution in [3.05, 3.63) is 52.2 Å². The molecule has 0 atom stereocenters. The largest absolute Gasteiger partial charge is 0.355 e. The Morgan fingerprint density at radius 3 is 2.83 bits per heavy atom. The third kappa shape index (κ3) is 6.14. The van der Waals surface area contributed by atoms with Crippen molar-refractivity contribution >= 4 is 28.8 Å². The first-order valence-corrected chi connectivity index (χ1v) is 10.8.